The van der Waals surface area contributed by atoms with Crippen LogP contribution in [0.25, 0.3) is 0 Å². The molecule has 0 aliphatic rings. The Balaban J connectivity index is 4.11. The molecule has 316 valence electrons. The van der Waals surface area contributed by atoms with Gasteiger partial charge in [0, 0.05) is 17.4 Å². The molecular weight excluding hydrogens is 720 g/mol. The highest BCUT2D eigenvalue weighted by atomic mass is 16.6. The van der Waals surface area contributed by atoms with Crippen molar-refractivity contribution < 1.29 is 66.6 Å². The van der Waals surface area contributed by atoms with Gasteiger partial charge in [0.05, 0.1) is 90.4 Å². The first-order valence-corrected chi connectivity index (χ1v) is 18.9. The fraction of sp³-hybridized carbons (Fsp3) is 0.821. The van der Waals surface area contributed by atoms with Gasteiger partial charge in [-0.1, -0.05) is 20.4 Å². The molecule has 0 aliphatic heterocycles. The fourth-order valence-electron chi connectivity index (χ4n) is 4.43. The van der Waals surface area contributed by atoms with Gasteiger partial charge >= 0.3 is 17.9 Å². The van der Waals surface area contributed by atoms with E-state index in [-0.39, 0.29) is 81.6 Å². The molecule has 0 radical (unpaired) electrons. The first-order chi connectivity index (χ1) is 26.0. The maximum Gasteiger partial charge on any atom is 0.333 e. The number of hydrogen-bond acceptors (Lipinski definition) is 16. The molecule has 0 aromatic heterocycles. The van der Waals surface area contributed by atoms with E-state index in [2.05, 4.69) is 30.4 Å². The molecule has 16 nitrogen and oxygen atoms in total. The van der Waals surface area contributed by atoms with Crippen molar-refractivity contribution in [2.24, 2.45) is 15.4 Å². The minimum Gasteiger partial charge on any atom is -0.464 e. The van der Waals surface area contributed by atoms with Crippen LogP contribution in [-0.4, -0.2) is 139 Å². The van der Waals surface area contributed by atoms with Crippen LogP contribution in [0.5, 0.6) is 0 Å². The van der Waals surface area contributed by atoms with E-state index in [1.165, 1.54) is 12.2 Å². The largest absolute Gasteiger partial charge is 0.464 e. The highest BCUT2D eigenvalue weighted by Crippen LogP contribution is 2.17. The van der Waals surface area contributed by atoms with Crippen molar-refractivity contribution in [2.45, 2.75) is 137 Å². The minimum absolute atomic E-state index is 0.0321. The van der Waals surface area contributed by atoms with Gasteiger partial charge < -0.3 is 42.6 Å². The predicted molar refractivity (Wildman–Crippen MR) is 202 cm³/mol. The van der Waals surface area contributed by atoms with Gasteiger partial charge in [-0.25, -0.2) is 24.2 Å². The van der Waals surface area contributed by atoms with E-state index in [0.29, 0.717) is 58.1 Å². The van der Waals surface area contributed by atoms with Gasteiger partial charge in [-0.2, -0.15) is 4.99 Å². The van der Waals surface area contributed by atoms with E-state index < -0.39 is 30.1 Å². The molecule has 7 unspecified atom stereocenters. The summed E-state index contributed by atoms with van der Waals surface area (Å²) >= 11 is 0. The minimum atomic E-state index is -0.991. The van der Waals surface area contributed by atoms with Gasteiger partial charge in [0.15, 0.2) is 6.04 Å². The van der Waals surface area contributed by atoms with Crippen LogP contribution >= 0.6 is 0 Å². The molecule has 0 N–H and O–H groups in total. The summed E-state index contributed by atoms with van der Waals surface area (Å²) < 4.78 is 50.7. The summed E-state index contributed by atoms with van der Waals surface area (Å²) in [5, 5.41) is 0. The van der Waals surface area contributed by atoms with Crippen molar-refractivity contribution >= 4 is 30.1 Å². The highest BCUT2D eigenvalue weighted by molar-refractivity contribution is 5.87. The number of nitrogens with zero attached hydrogens (tertiary/aromatic N) is 2. The van der Waals surface area contributed by atoms with Crippen molar-refractivity contribution in [3.8, 4) is 0 Å². The van der Waals surface area contributed by atoms with Crippen LogP contribution in [0.4, 0.5) is 0 Å². The number of carbonyl (C=O) groups is 3. The van der Waals surface area contributed by atoms with Crippen molar-refractivity contribution in [1.82, 2.24) is 0 Å². The normalized spacial score (nSPS) is 15.2. The van der Waals surface area contributed by atoms with E-state index in [1.807, 2.05) is 27.7 Å². The Morgan fingerprint density at radius 3 is 1.65 bits per heavy atom. The van der Waals surface area contributed by atoms with Gasteiger partial charge in [-0.05, 0) is 74.1 Å². The topological polar surface area (TPSA) is 193 Å². The van der Waals surface area contributed by atoms with Crippen LogP contribution in [0.15, 0.2) is 22.1 Å². The summed E-state index contributed by atoms with van der Waals surface area (Å²) in [6, 6.07) is -0.991. The highest BCUT2D eigenvalue weighted by Gasteiger charge is 2.22. The Bertz CT molecular complexity index is 1200. The number of hydrogen-bond donors (Lipinski definition) is 0. The third kappa shape index (κ3) is 29.6. The molecule has 0 aromatic carbocycles. The zero-order valence-corrected chi connectivity index (χ0v) is 34.5. The number of ether oxygens (including phenoxy) is 9. The summed E-state index contributed by atoms with van der Waals surface area (Å²) in [4.78, 5) is 63.7. The van der Waals surface area contributed by atoms with E-state index in [4.69, 9.17) is 42.6 Å². The van der Waals surface area contributed by atoms with E-state index in [0.717, 1.165) is 0 Å². The van der Waals surface area contributed by atoms with Crippen LogP contribution < -0.4 is 0 Å². The first-order valence-electron chi connectivity index (χ1n) is 18.9. The van der Waals surface area contributed by atoms with Crippen molar-refractivity contribution in [2.75, 3.05) is 66.0 Å². The molecule has 0 aromatic rings. The third-order valence-corrected chi connectivity index (χ3v) is 7.45. The van der Waals surface area contributed by atoms with Gasteiger partial charge in [0.25, 0.3) is 0 Å². The Kier molecular flexibility index (Phi) is 29.0. The van der Waals surface area contributed by atoms with Crippen LogP contribution in [0.2, 0.25) is 0 Å². The van der Waals surface area contributed by atoms with E-state index in [1.54, 1.807) is 20.8 Å². The van der Waals surface area contributed by atoms with E-state index >= 15 is 0 Å². The Morgan fingerprint density at radius 1 is 0.673 bits per heavy atom. The summed E-state index contributed by atoms with van der Waals surface area (Å²) in [5.41, 5.74) is 0.117. The number of aliphatic imine (C=N–C) groups is 2. The maximum atomic E-state index is 12.2. The predicted octanol–water partition coefficient (Wildman–Crippen LogP) is 4.64. The monoisotopic (exact) mass is 786 g/mol. The standard InChI is InChI=1S/C39H66N2O14/c1-28(2)37(45)55-34(8)23-53-32(6)21-51-30(4)19-48-25-39(9,10)24-47-18-29(3)50-20-31(5)52-22-33(7)54-36(44)15-13-17-49-38(46)35(41-27-43)14-11-12-16-40-26-42/h29-35H,1,11-25H2,2-10H3. The second kappa shape index (κ2) is 30.8. The third-order valence-electron chi connectivity index (χ3n) is 7.45. The molecular formula is C39H66N2O14. The van der Waals surface area contributed by atoms with Crippen molar-refractivity contribution in [3.63, 3.8) is 0 Å². The van der Waals surface area contributed by atoms with Crippen LogP contribution in [-0.2, 0) is 66.6 Å². The molecule has 0 fully saturated rings. The average molecular weight is 787 g/mol. The number of rotatable bonds is 34. The number of isocyanates is 2. The van der Waals surface area contributed by atoms with Crippen molar-refractivity contribution in [3.05, 3.63) is 12.2 Å². The summed E-state index contributed by atoms with van der Waals surface area (Å²) in [5.74, 6) is -1.58. The lowest BCUT2D eigenvalue weighted by molar-refractivity contribution is -0.154. The smallest absolute Gasteiger partial charge is 0.333 e. The van der Waals surface area contributed by atoms with Crippen LogP contribution in [0.3, 0.4) is 0 Å². The molecule has 0 amide bonds. The van der Waals surface area contributed by atoms with Crippen LogP contribution in [0.1, 0.15) is 94.4 Å². The average Bonchev–Trinajstić information content (AvgIpc) is 3.12. The quantitative estimate of drug-likeness (QED) is 0.0219. The number of carbonyl (C=O) groups excluding carboxylic acids is 5. The molecule has 16 heteroatoms. The molecule has 0 spiro atoms. The molecule has 55 heavy (non-hydrogen) atoms. The molecule has 0 bridgehead atoms. The molecule has 0 saturated carbocycles. The van der Waals surface area contributed by atoms with Gasteiger partial charge in [0.2, 0.25) is 12.2 Å². The zero-order valence-electron chi connectivity index (χ0n) is 34.5. The number of esters is 3. The van der Waals surface area contributed by atoms with Gasteiger partial charge in [-0.3, -0.25) is 4.79 Å². The second-order valence-corrected chi connectivity index (χ2v) is 14.5. The Morgan fingerprint density at radius 2 is 1.16 bits per heavy atom. The molecule has 0 heterocycles. The first kappa shape index (κ1) is 51.7. The van der Waals surface area contributed by atoms with E-state index in [9.17, 15) is 24.0 Å². The lowest BCUT2D eigenvalue weighted by Crippen LogP contribution is -2.31. The molecule has 7 atom stereocenters. The zero-order chi connectivity index (χ0) is 41.6. The summed E-state index contributed by atoms with van der Waals surface area (Å²) in [7, 11) is 0. The molecule has 0 saturated heterocycles. The maximum absolute atomic E-state index is 12.2. The Hall–Kier alpha value is -3.33. The van der Waals surface area contributed by atoms with Gasteiger partial charge in [-0.15, -0.1) is 0 Å². The second-order valence-electron chi connectivity index (χ2n) is 14.5. The van der Waals surface area contributed by atoms with Crippen molar-refractivity contribution in [1.29, 1.82) is 0 Å². The summed E-state index contributed by atoms with van der Waals surface area (Å²) in [6.07, 6.45) is 2.76. The lowest BCUT2D eigenvalue weighted by Gasteiger charge is -2.26. The molecule has 0 rings (SSSR count). The van der Waals surface area contributed by atoms with Crippen LogP contribution in [0, 0.1) is 5.41 Å². The van der Waals surface area contributed by atoms with Gasteiger partial charge in [0.1, 0.15) is 12.2 Å². The summed E-state index contributed by atoms with van der Waals surface area (Å²) in [6.45, 7) is 23.5. The SMILES string of the molecule is C=C(C)C(=O)OC(C)COC(C)COC(C)COCC(C)(C)COCC(C)OCC(C)OCC(C)OC(=O)CCCOC(=O)C(CCCCN=C=O)N=C=O. The molecule has 0 aliphatic carbocycles. The number of unbranched alkanes of at least 4 members (excludes halogenated alkanes) is 1. The fourth-order valence-corrected chi connectivity index (χ4v) is 4.43. The Labute approximate surface area is 327 Å². The lowest BCUT2D eigenvalue weighted by atomic mass is 9.96.